The molecule has 1 aromatic rings. The summed E-state index contributed by atoms with van der Waals surface area (Å²) < 4.78 is 0. The second-order valence-electron chi connectivity index (χ2n) is 4.86. The van der Waals surface area contributed by atoms with Gasteiger partial charge in [0.2, 0.25) is 0 Å². The molecule has 3 rings (SSSR count). The molecule has 0 bridgehead atoms. The predicted molar refractivity (Wildman–Crippen MR) is 64.3 cm³/mol. The molecule has 1 atom stereocenters. The third-order valence-electron chi connectivity index (χ3n) is 3.34. The van der Waals surface area contributed by atoms with Gasteiger partial charge >= 0.3 is 0 Å². The zero-order chi connectivity index (χ0) is 11.7. The molecule has 0 radical (unpaired) electrons. The van der Waals surface area contributed by atoms with Gasteiger partial charge in [0.25, 0.3) is 0 Å². The van der Waals surface area contributed by atoms with Gasteiger partial charge in [-0.2, -0.15) is 10.4 Å². The predicted octanol–water partition coefficient (Wildman–Crippen LogP) is 1.32. The van der Waals surface area contributed by atoms with E-state index in [0.29, 0.717) is 12.0 Å². The molecular weight excluding hydrogens is 234 g/mol. The van der Waals surface area contributed by atoms with Crippen LogP contribution in [0.4, 0.5) is 0 Å². The van der Waals surface area contributed by atoms with Crippen molar-refractivity contribution >= 4 is 11.8 Å². The maximum atomic E-state index is 9.52. The van der Waals surface area contributed by atoms with Crippen molar-refractivity contribution in [3.8, 4) is 6.07 Å². The van der Waals surface area contributed by atoms with Gasteiger partial charge in [0.1, 0.15) is 11.9 Å². The summed E-state index contributed by atoms with van der Waals surface area (Å²) in [6, 6.07) is 3.08. The molecule has 0 spiro atoms. The minimum Gasteiger partial charge on any atom is -0.296 e. The highest BCUT2D eigenvalue weighted by molar-refractivity contribution is 7.99. The highest BCUT2D eigenvalue weighted by atomic mass is 32.2. The number of hydrogen-bond donors (Lipinski definition) is 2. The third kappa shape index (κ3) is 2.45. The van der Waals surface area contributed by atoms with E-state index < -0.39 is 0 Å². The monoisotopic (exact) mass is 249 g/mol. The smallest absolute Gasteiger partial charge is 0.183 e. The first-order valence-corrected chi connectivity index (χ1v) is 6.98. The van der Waals surface area contributed by atoms with Crippen LogP contribution in [-0.4, -0.2) is 32.5 Å². The largest absolute Gasteiger partial charge is 0.296 e. The zero-order valence-electron chi connectivity index (χ0n) is 9.52. The Kier molecular flexibility index (Phi) is 2.81. The van der Waals surface area contributed by atoms with Gasteiger partial charge in [-0.25, -0.2) is 4.98 Å². The Morgan fingerprint density at radius 3 is 2.88 bits per heavy atom. The summed E-state index contributed by atoms with van der Waals surface area (Å²) in [5.41, 5.74) is -0.362. The summed E-state index contributed by atoms with van der Waals surface area (Å²) in [7, 11) is 0. The van der Waals surface area contributed by atoms with E-state index in [9.17, 15) is 5.26 Å². The van der Waals surface area contributed by atoms with Crippen LogP contribution in [0.5, 0.6) is 0 Å². The van der Waals surface area contributed by atoms with E-state index in [1.807, 2.05) is 0 Å². The lowest BCUT2D eigenvalue weighted by atomic mass is 9.97. The minimum atomic E-state index is -0.362. The molecule has 0 aliphatic heterocycles. The summed E-state index contributed by atoms with van der Waals surface area (Å²) >= 11 is 1.58. The second-order valence-corrected chi connectivity index (χ2v) is 5.82. The SMILES string of the molecule is N#CC(CSc1ncn[nH]1)(NC1CC1)C1CC1. The van der Waals surface area contributed by atoms with Crippen molar-refractivity contribution < 1.29 is 0 Å². The van der Waals surface area contributed by atoms with E-state index in [2.05, 4.69) is 26.6 Å². The van der Waals surface area contributed by atoms with Gasteiger partial charge in [-0.1, -0.05) is 11.8 Å². The lowest BCUT2D eigenvalue weighted by molar-refractivity contribution is 0.401. The normalized spacial score (nSPS) is 23.0. The Morgan fingerprint density at radius 2 is 2.35 bits per heavy atom. The molecular formula is C11H15N5S. The van der Waals surface area contributed by atoms with Gasteiger partial charge in [0.05, 0.1) is 6.07 Å². The Morgan fingerprint density at radius 1 is 1.53 bits per heavy atom. The van der Waals surface area contributed by atoms with Crippen molar-refractivity contribution in [3.05, 3.63) is 6.33 Å². The van der Waals surface area contributed by atoms with Gasteiger partial charge in [-0.05, 0) is 31.6 Å². The van der Waals surface area contributed by atoms with Gasteiger partial charge < -0.3 is 0 Å². The van der Waals surface area contributed by atoms with Crippen LogP contribution in [0.1, 0.15) is 25.7 Å². The van der Waals surface area contributed by atoms with Crippen LogP contribution in [0.25, 0.3) is 0 Å². The number of nitrogens with zero attached hydrogens (tertiary/aromatic N) is 3. The Hall–Kier alpha value is -1.06. The third-order valence-corrected chi connectivity index (χ3v) is 4.41. The molecule has 6 heteroatoms. The van der Waals surface area contributed by atoms with Crippen LogP contribution in [0, 0.1) is 17.2 Å². The van der Waals surface area contributed by atoms with Crippen LogP contribution in [0.3, 0.4) is 0 Å². The summed E-state index contributed by atoms with van der Waals surface area (Å²) in [6.45, 7) is 0. The van der Waals surface area contributed by atoms with E-state index in [-0.39, 0.29) is 5.54 Å². The van der Waals surface area contributed by atoms with Crippen LogP contribution >= 0.6 is 11.8 Å². The number of aromatic nitrogens is 3. The second kappa shape index (κ2) is 4.31. The van der Waals surface area contributed by atoms with E-state index in [1.54, 1.807) is 11.8 Å². The number of hydrogen-bond acceptors (Lipinski definition) is 5. The number of rotatable bonds is 6. The molecule has 1 heterocycles. The van der Waals surface area contributed by atoms with Crippen LogP contribution in [0.2, 0.25) is 0 Å². The molecule has 90 valence electrons. The first kappa shape index (κ1) is 11.1. The Bertz CT molecular complexity index is 418. The van der Waals surface area contributed by atoms with E-state index in [0.717, 1.165) is 10.9 Å². The first-order valence-electron chi connectivity index (χ1n) is 5.99. The quantitative estimate of drug-likeness (QED) is 0.744. The number of H-pyrrole nitrogens is 1. The minimum absolute atomic E-state index is 0.362. The summed E-state index contributed by atoms with van der Waals surface area (Å²) in [5, 5.41) is 20.5. The summed E-state index contributed by atoms with van der Waals surface area (Å²) in [4.78, 5) is 4.09. The molecule has 2 saturated carbocycles. The van der Waals surface area contributed by atoms with Gasteiger partial charge in [-0.15, -0.1) is 0 Å². The number of thioether (sulfide) groups is 1. The maximum Gasteiger partial charge on any atom is 0.183 e. The molecule has 2 aliphatic rings. The standard InChI is InChI=1S/C11H15N5S/c12-5-11(8-1-2-8,15-9-3-4-9)6-17-10-13-7-14-16-10/h7-9,15H,1-4,6H2,(H,13,14,16). The molecule has 2 N–H and O–H groups in total. The molecule has 5 nitrogen and oxygen atoms in total. The van der Waals surface area contributed by atoms with E-state index in [4.69, 9.17) is 0 Å². The molecule has 17 heavy (non-hydrogen) atoms. The van der Waals surface area contributed by atoms with Crippen LogP contribution in [0.15, 0.2) is 11.5 Å². The van der Waals surface area contributed by atoms with E-state index in [1.165, 1.54) is 32.0 Å². The van der Waals surface area contributed by atoms with Gasteiger partial charge in [0.15, 0.2) is 5.16 Å². The molecule has 0 aromatic carbocycles. The lowest BCUT2D eigenvalue weighted by Crippen LogP contribution is -2.49. The Balaban J connectivity index is 1.67. The molecule has 1 unspecified atom stereocenters. The zero-order valence-corrected chi connectivity index (χ0v) is 10.3. The molecule has 0 saturated heterocycles. The number of nitrogens with one attached hydrogen (secondary N) is 2. The number of nitriles is 1. The van der Waals surface area contributed by atoms with Crippen molar-refractivity contribution in [2.45, 2.75) is 42.4 Å². The molecule has 2 fully saturated rings. The molecule has 2 aliphatic carbocycles. The van der Waals surface area contributed by atoms with Crippen molar-refractivity contribution in [2.75, 3.05) is 5.75 Å². The fraction of sp³-hybridized carbons (Fsp3) is 0.727. The van der Waals surface area contributed by atoms with Gasteiger partial charge in [0, 0.05) is 11.8 Å². The highest BCUT2D eigenvalue weighted by Crippen LogP contribution is 2.43. The van der Waals surface area contributed by atoms with Gasteiger partial charge in [-0.3, -0.25) is 10.4 Å². The van der Waals surface area contributed by atoms with Crippen molar-refractivity contribution in [1.82, 2.24) is 20.5 Å². The first-order chi connectivity index (χ1) is 8.32. The topological polar surface area (TPSA) is 77.4 Å². The van der Waals surface area contributed by atoms with Crippen LogP contribution in [-0.2, 0) is 0 Å². The lowest BCUT2D eigenvalue weighted by Gasteiger charge is -2.27. The summed E-state index contributed by atoms with van der Waals surface area (Å²) in [6.07, 6.45) is 6.27. The average Bonchev–Trinajstić information content (AvgIpc) is 3.26. The average molecular weight is 249 g/mol. The molecule has 0 amide bonds. The maximum absolute atomic E-state index is 9.52. The fourth-order valence-corrected chi connectivity index (χ4v) is 3.03. The fourth-order valence-electron chi connectivity index (χ4n) is 2.05. The van der Waals surface area contributed by atoms with Crippen LogP contribution < -0.4 is 5.32 Å². The van der Waals surface area contributed by atoms with Crippen molar-refractivity contribution in [3.63, 3.8) is 0 Å². The highest BCUT2D eigenvalue weighted by Gasteiger charge is 2.48. The molecule has 1 aromatic heterocycles. The summed E-state index contributed by atoms with van der Waals surface area (Å²) in [5.74, 6) is 1.27. The number of aromatic amines is 1. The van der Waals surface area contributed by atoms with E-state index >= 15 is 0 Å². The van der Waals surface area contributed by atoms with Crippen molar-refractivity contribution in [1.29, 1.82) is 5.26 Å². The van der Waals surface area contributed by atoms with Crippen molar-refractivity contribution in [2.24, 2.45) is 5.92 Å². The Labute approximate surface area is 104 Å².